The second-order valence-corrected chi connectivity index (χ2v) is 3.92. The van der Waals surface area contributed by atoms with Gasteiger partial charge in [-0.3, -0.25) is 4.79 Å². The Hall–Kier alpha value is -1.61. The van der Waals surface area contributed by atoms with Crippen molar-refractivity contribution in [2.75, 3.05) is 11.4 Å². The van der Waals surface area contributed by atoms with Crippen molar-refractivity contribution in [2.45, 2.75) is 19.4 Å². The quantitative estimate of drug-likeness (QED) is 0.763. The van der Waals surface area contributed by atoms with E-state index in [9.17, 15) is 4.79 Å². The fraction of sp³-hybridized carbons (Fsp3) is 0.308. The van der Waals surface area contributed by atoms with E-state index in [0.29, 0.717) is 6.54 Å². The van der Waals surface area contributed by atoms with E-state index < -0.39 is 0 Å². The molecule has 2 rings (SSSR count). The molecule has 1 amide bonds. The van der Waals surface area contributed by atoms with Crippen LogP contribution in [-0.2, 0) is 17.8 Å². The van der Waals surface area contributed by atoms with Crippen LogP contribution in [0.4, 0.5) is 5.69 Å². The summed E-state index contributed by atoms with van der Waals surface area (Å²) < 4.78 is 0. The predicted octanol–water partition coefficient (Wildman–Crippen LogP) is 1.61. The van der Waals surface area contributed by atoms with Crippen LogP contribution in [0.5, 0.6) is 0 Å². The summed E-state index contributed by atoms with van der Waals surface area (Å²) in [7, 11) is 0. The van der Waals surface area contributed by atoms with Crippen LogP contribution in [0.25, 0.3) is 0 Å². The van der Waals surface area contributed by atoms with Gasteiger partial charge in [-0.05, 0) is 36.1 Å². The number of benzene rings is 1. The fourth-order valence-electron chi connectivity index (χ4n) is 2.23. The molecule has 1 aliphatic heterocycles. The molecule has 0 aromatic heterocycles. The van der Waals surface area contributed by atoms with E-state index in [4.69, 9.17) is 5.73 Å². The number of hydrogen-bond acceptors (Lipinski definition) is 2. The van der Waals surface area contributed by atoms with Crippen molar-refractivity contribution in [3.63, 3.8) is 0 Å². The van der Waals surface area contributed by atoms with Crippen LogP contribution < -0.4 is 10.6 Å². The first kappa shape index (κ1) is 10.9. The van der Waals surface area contributed by atoms with Crippen molar-refractivity contribution in [1.29, 1.82) is 0 Å². The van der Waals surface area contributed by atoms with Gasteiger partial charge < -0.3 is 10.6 Å². The lowest BCUT2D eigenvalue weighted by atomic mass is 9.96. The molecular weight excluding hydrogens is 200 g/mol. The van der Waals surface area contributed by atoms with Crippen molar-refractivity contribution in [2.24, 2.45) is 5.73 Å². The number of carbonyl (C=O) groups is 1. The third-order valence-corrected chi connectivity index (χ3v) is 3.01. The van der Waals surface area contributed by atoms with Crippen LogP contribution in [0.3, 0.4) is 0 Å². The van der Waals surface area contributed by atoms with Crippen molar-refractivity contribution < 1.29 is 4.79 Å². The lowest BCUT2D eigenvalue weighted by Gasteiger charge is -2.30. The number of hydrogen-bond donors (Lipinski definition) is 1. The number of rotatable bonds is 2. The lowest BCUT2D eigenvalue weighted by molar-refractivity contribution is -0.114. The van der Waals surface area contributed by atoms with Gasteiger partial charge in [-0.2, -0.15) is 0 Å². The molecule has 0 unspecified atom stereocenters. The summed E-state index contributed by atoms with van der Waals surface area (Å²) >= 11 is 0. The molecule has 1 aromatic rings. The Balaban J connectivity index is 2.46. The molecule has 1 aliphatic rings. The standard InChI is InChI=1S/C13H16N2O/c1-2-13(16)15-8-4-6-11-10(9-14)5-3-7-12(11)15/h2-3,5,7H,1,4,6,8-9,14H2. The Kier molecular flexibility index (Phi) is 3.06. The highest BCUT2D eigenvalue weighted by Gasteiger charge is 2.21. The number of fused-ring (bicyclic) bond motifs is 1. The third-order valence-electron chi connectivity index (χ3n) is 3.01. The van der Waals surface area contributed by atoms with E-state index in [1.807, 2.05) is 18.2 Å². The topological polar surface area (TPSA) is 46.3 Å². The summed E-state index contributed by atoms with van der Waals surface area (Å²) in [6.45, 7) is 4.83. The van der Waals surface area contributed by atoms with E-state index in [-0.39, 0.29) is 5.91 Å². The Bertz CT molecular complexity index is 426. The van der Waals surface area contributed by atoms with Gasteiger partial charge >= 0.3 is 0 Å². The van der Waals surface area contributed by atoms with Crippen LogP contribution in [0, 0.1) is 0 Å². The number of carbonyl (C=O) groups excluding carboxylic acids is 1. The van der Waals surface area contributed by atoms with Crippen LogP contribution in [0.2, 0.25) is 0 Å². The number of amides is 1. The summed E-state index contributed by atoms with van der Waals surface area (Å²) in [5.41, 5.74) is 9.06. The first-order valence-electron chi connectivity index (χ1n) is 5.52. The molecule has 3 nitrogen and oxygen atoms in total. The molecule has 0 spiro atoms. The second kappa shape index (κ2) is 4.49. The van der Waals surface area contributed by atoms with Crippen LogP contribution in [0.1, 0.15) is 17.5 Å². The first-order valence-corrected chi connectivity index (χ1v) is 5.52. The van der Waals surface area contributed by atoms with Crippen LogP contribution >= 0.6 is 0 Å². The van der Waals surface area contributed by atoms with Crippen molar-refractivity contribution >= 4 is 11.6 Å². The maximum atomic E-state index is 11.7. The Morgan fingerprint density at radius 3 is 3.06 bits per heavy atom. The van der Waals surface area contributed by atoms with Gasteiger partial charge in [0.15, 0.2) is 0 Å². The molecule has 0 aliphatic carbocycles. The number of nitrogens with two attached hydrogens (primary N) is 1. The summed E-state index contributed by atoms with van der Waals surface area (Å²) in [5, 5.41) is 0. The highest BCUT2D eigenvalue weighted by atomic mass is 16.2. The van der Waals surface area contributed by atoms with E-state index >= 15 is 0 Å². The largest absolute Gasteiger partial charge is 0.326 e. The monoisotopic (exact) mass is 216 g/mol. The number of nitrogens with zero attached hydrogens (tertiary/aromatic N) is 1. The Labute approximate surface area is 95.6 Å². The molecule has 16 heavy (non-hydrogen) atoms. The lowest BCUT2D eigenvalue weighted by Crippen LogP contribution is -2.34. The summed E-state index contributed by atoms with van der Waals surface area (Å²) in [6, 6.07) is 5.96. The fourth-order valence-corrected chi connectivity index (χ4v) is 2.23. The van der Waals surface area contributed by atoms with Gasteiger partial charge in [0.2, 0.25) is 5.91 Å². The minimum Gasteiger partial charge on any atom is -0.326 e. The van der Waals surface area contributed by atoms with E-state index in [1.54, 1.807) is 4.90 Å². The smallest absolute Gasteiger partial charge is 0.250 e. The minimum absolute atomic E-state index is 0.0323. The van der Waals surface area contributed by atoms with Gasteiger partial charge in [0.25, 0.3) is 0 Å². The maximum Gasteiger partial charge on any atom is 0.250 e. The molecule has 0 saturated carbocycles. The van der Waals surface area contributed by atoms with Crippen molar-refractivity contribution in [1.82, 2.24) is 0 Å². The zero-order valence-corrected chi connectivity index (χ0v) is 9.28. The minimum atomic E-state index is -0.0323. The highest BCUT2D eigenvalue weighted by molar-refractivity contribution is 6.02. The van der Waals surface area contributed by atoms with Gasteiger partial charge in [-0.1, -0.05) is 18.7 Å². The molecule has 0 saturated heterocycles. The number of anilines is 1. The SMILES string of the molecule is C=CC(=O)N1CCCc2c(CN)cccc21. The highest BCUT2D eigenvalue weighted by Crippen LogP contribution is 2.29. The van der Waals surface area contributed by atoms with E-state index in [2.05, 4.69) is 6.58 Å². The van der Waals surface area contributed by atoms with E-state index in [0.717, 1.165) is 30.6 Å². The molecule has 0 bridgehead atoms. The molecule has 0 radical (unpaired) electrons. The summed E-state index contributed by atoms with van der Waals surface area (Å²) in [5.74, 6) is -0.0323. The maximum absolute atomic E-state index is 11.7. The third kappa shape index (κ3) is 1.74. The van der Waals surface area contributed by atoms with E-state index in [1.165, 1.54) is 11.6 Å². The predicted molar refractivity (Wildman–Crippen MR) is 65.2 cm³/mol. The van der Waals surface area contributed by atoms with Gasteiger partial charge in [0.05, 0.1) is 0 Å². The zero-order valence-electron chi connectivity index (χ0n) is 9.28. The van der Waals surface area contributed by atoms with Crippen molar-refractivity contribution in [3.8, 4) is 0 Å². The molecular formula is C13H16N2O. The average Bonchev–Trinajstić information content (AvgIpc) is 2.36. The Morgan fingerprint density at radius 2 is 2.38 bits per heavy atom. The van der Waals surface area contributed by atoms with Crippen LogP contribution in [0.15, 0.2) is 30.9 Å². The van der Waals surface area contributed by atoms with Gasteiger partial charge in [0.1, 0.15) is 0 Å². The Morgan fingerprint density at radius 1 is 1.56 bits per heavy atom. The van der Waals surface area contributed by atoms with Crippen LogP contribution in [-0.4, -0.2) is 12.5 Å². The molecule has 0 atom stereocenters. The summed E-state index contributed by atoms with van der Waals surface area (Å²) in [4.78, 5) is 13.5. The molecule has 1 heterocycles. The molecule has 0 fully saturated rings. The zero-order chi connectivity index (χ0) is 11.5. The molecule has 2 N–H and O–H groups in total. The molecule has 1 aromatic carbocycles. The van der Waals surface area contributed by atoms with Gasteiger partial charge in [-0.15, -0.1) is 0 Å². The van der Waals surface area contributed by atoms with Crippen molar-refractivity contribution in [3.05, 3.63) is 42.0 Å². The average molecular weight is 216 g/mol. The summed E-state index contributed by atoms with van der Waals surface area (Å²) in [6.07, 6.45) is 3.36. The van der Waals surface area contributed by atoms with Gasteiger partial charge in [-0.25, -0.2) is 0 Å². The molecule has 3 heteroatoms. The normalized spacial score (nSPS) is 14.4. The second-order valence-electron chi connectivity index (χ2n) is 3.92. The first-order chi connectivity index (χ1) is 7.77. The molecule has 84 valence electrons. The van der Waals surface area contributed by atoms with Gasteiger partial charge in [0, 0.05) is 18.8 Å².